The molecule has 2 heteroatoms. The molecule has 0 atom stereocenters. The molecular weight excluding hydrogens is 234 g/mol. The van der Waals surface area contributed by atoms with Gasteiger partial charge in [0, 0.05) is 6.21 Å². The fourth-order valence-electron chi connectivity index (χ4n) is 1.52. The Morgan fingerprint density at radius 1 is 1.11 bits per heavy atom. The lowest BCUT2D eigenvalue weighted by atomic mass is 10.2. The van der Waals surface area contributed by atoms with E-state index in [0.717, 1.165) is 22.6 Å². The summed E-state index contributed by atoms with van der Waals surface area (Å²) in [7, 11) is 0. The van der Waals surface area contributed by atoms with Crippen molar-refractivity contribution in [3.05, 3.63) is 72.3 Å². The molecule has 2 aromatic carbocycles. The third kappa shape index (κ3) is 4.43. The number of hydrogen-bond donors (Lipinski definition) is 0. The van der Waals surface area contributed by atoms with Crippen LogP contribution < -0.4 is 4.74 Å². The largest absolute Gasteiger partial charge is 0.489 e. The number of para-hydroxylation sites is 1. The quantitative estimate of drug-likeness (QED) is 0.570. The van der Waals surface area contributed by atoms with Gasteiger partial charge >= 0.3 is 0 Å². The van der Waals surface area contributed by atoms with E-state index in [0.29, 0.717) is 6.61 Å². The van der Waals surface area contributed by atoms with Gasteiger partial charge in [-0.15, -0.1) is 0 Å². The van der Waals surface area contributed by atoms with Crippen molar-refractivity contribution in [1.82, 2.24) is 0 Å². The van der Waals surface area contributed by atoms with E-state index in [4.69, 9.17) is 4.74 Å². The Bertz CT molecular complexity index is 556. The zero-order valence-electron chi connectivity index (χ0n) is 11.0. The first-order valence-electron chi connectivity index (χ1n) is 6.20. The zero-order chi connectivity index (χ0) is 13.5. The molecule has 0 heterocycles. The van der Waals surface area contributed by atoms with Gasteiger partial charge < -0.3 is 4.74 Å². The maximum atomic E-state index is 5.54. The molecule has 2 rings (SSSR count). The Kier molecular flexibility index (Phi) is 4.51. The van der Waals surface area contributed by atoms with E-state index in [1.165, 1.54) is 0 Å². The molecule has 2 nitrogen and oxygen atoms in total. The minimum Gasteiger partial charge on any atom is -0.489 e. The smallest absolute Gasteiger partial charge is 0.119 e. The standard InChI is InChI=1S/C17H17NO/c1-14(2)13-19-17-10-8-15(9-11-17)12-18-16-6-4-3-5-7-16/h3-12H,1,13H2,2H3/b18-12+. The molecule has 0 aromatic heterocycles. The van der Waals surface area contributed by atoms with E-state index in [1.807, 2.05) is 67.7 Å². The van der Waals surface area contributed by atoms with Crippen molar-refractivity contribution in [2.24, 2.45) is 4.99 Å². The first kappa shape index (κ1) is 13.1. The molecule has 0 bridgehead atoms. The minimum absolute atomic E-state index is 0.553. The third-order valence-electron chi connectivity index (χ3n) is 2.48. The summed E-state index contributed by atoms with van der Waals surface area (Å²) in [6, 6.07) is 17.7. The molecular formula is C17H17NO. The Hall–Kier alpha value is -2.35. The highest BCUT2D eigenvalue weighted by atomic mass is 16.5. The van der Waals surface area contributed by atoms with Crippen LogP contribution in [0.5, 0.6) is 5.75 Å². The van der Waals surface area contributed by atoms with E-state index in [1.54, 1.807) is 0 Å². The maximum Gasteiger partial charge on any atom is 0.119 e. The van der Waals surface area contributed by atoms with Gasteiger partial charge in [0.25, 0.3) is 0 Å². The van der Waals surface area contributed by atoms with Crippen LogP contribution >= 0.6 is 0 Å². The molecule has 96 valence electrons. The maximum absolute atomic E-state index is 5.54. The van der Waals surface area contributed by atoms with E-state index in [9.17, 15) is 0 Å². The van der Waals surface area contributed by atoms with Crippen LogP contribution in [-0.4, -0.2) is 12.8 Å². The lowest BCUT2D eigenvalue weighted by Gasteiger charge is -2.05. The highest BCUT2D eigenvalue weighted by Crippen LogP contribution is 2.13. The van der Waals surface area contributed by atoms with Gasteiger partial charge in [0.2, 0.25) is 0 Å². The topological polar surface area (TPSA) is 21.6 Å². The van der Waals surface area contributed by atoms with Crippen molar-refractivity contribution in [3.8, 4) is 5.75 Å². The summed E-state index contributed by atoms with van der Waals surface area (Å²) >= 11 is 0. The molecule has 0 aliphatic rings. The molecule has 0 fully saturated rings. The Labute approximate surface area is 114 Å². The fourth-order valence-corrected chi connectivity index (χ4v) is 1.52. The summed E-state index contributed by atoms with van der Waals surface area (Å²) in [6.45, 7) is 6.30. The molecule has 0 unspecified atom stereocenters. The van der Waals surface area contributed by atoms with Crippen LogP contribution in [0.15, 0.2) is 71.7 Å². The number of ether oxygens (including phenoxy) is 1. The summed E-state index contributed by atoms with van der Waals surface area (Å²) in [5, 5.41) is 0. The fraction of sp³-hybridized carbons (Fsp3) is 0.118. The highest BCUT2D eigenvalue weighted by Gasteiger charge is 1.94. The Balaban J connectivity index is 1.99. The van der Waals surface area contributed by atoms with Crippen LogP contribution in [0.4, 0.5) is 5.69 Å². The normalized spacial score (nSPS) is 10.6. The first-order valence-corrected chi connectivity index (χ1v) is 6.20. The lowest BCUT2D eigenvalue weighted by Crippen LogP contribution is -1.97. The van der Waals surface area contributed by atoms with Crippen LogP contribution in [0.25, 0.3) is 0 Å². The number of hydrogen-bond acceptors (Lipinski definition) is 2. The zero-order valence-corrected chi connectivity index (χ0v) is 11.0. The van der Waals surface area contributed by atoms with Crippen LogP contribution in [-0.2, 0) is 0 Å². The summed E-state index contributed by atoms with van der Waals surface area (Å²) in [4.78, 5) is 4.40. The predicted molar refractivity (Wildman–Crippen MR) is 80.4 cm³/mol. The predicted octanol–water partition coefficient (Wildman–Crippen LogP) is 4.39. The lowest BCUT2D eigenvalue weighted by molar-refractivity contribution is 0.352. The second-order valence-electron chi connectivity index (χ2n) is 4.41. The molecule has 19 heavy (non-hydrogen) atoms. The molecule has 0 saturated heterocycles. The van der Waals surface area contributed by atoms with Crippen LogP contribution in [0.3, 0.4) is 0 Å². The number of nitrogens with zero attached hydrogens (tertiary/aromatic N) is 1. The van der Waals surface area contributed by atoms with Crippen molar-refractivity contribution < 1.29 is 4.74 Å². The van der Waals surface area contributed by atoms with E-state index in [2.05, 4.69) is 11.6 Å². The van der Waals surface area contributed by atoms with Crippen molar-refractivity contribution in [2.75, 3.05) is 6.61 Å². The molecule has 0 N–H and O–H groups in total. The first-order chi connectivity index (χ1) is 9.24. The van der Waals surface area contributed by atoms with Crippen LogP contribution in [0.2, 0.25) is 0 Å². The monoisotopic (exact) mass is 251 g/mol. The Morgan fingerprint density at radius 3 is 2.42 bits per heavy atom. The third-order valence-corrected chi connectivity index (χ3v) is 2.48. The van der Waals surface area contributed by atoms with Crippen LogP contribution in [0.1, 0.15) is 12.5 Å². The number of aliphatic imine (C=N–C) groups is 1. The SMILES string of the molecule is C=C(C)COc1ccc(/C=N/c2ccccc2)cc1. The molecule has 0 aliphatic heterocycles. The van der Waals surface area contributed by atoms with Crippen molar-refractivity contribution in [1.29, 1.82) is 0 Å². The number of benzene rings is 2. The summed E-state index contributed by atoms with van der Waals surface area (Å²) in [6.07, 6.45) is 1.85. The van der Waals surface area contributed by atoms with E-state index in [-0.39, 0.29) is 0 Å². The van der Waals surface area contributed by atoms with Crippen molar-refractivity contribution in [3.63, 3.8) is 0 Å². The minimum atomic E-state index is 0.553. The van der Waals surface area contributed by atoms with Crippen molar-refractivity contribution >= 4 is 11.9 Å². The van der Waals surface area contributed by atoms with Gasteiger partial charge in [-0.2, -0.15) is 0 Å². The highest BCUT2D eigenvalue weighted by molar-refractivity contribution is 5.82. The van der Waals surface area contributed by atoms with E-state index < -0.39 is 0 Å². The average Bonchev–Trinajstić information content (AvgIpc) is 2.45. The van der Waals surface area contributed by atoms with Gasteiger partial charge in [-0.25, -0.2) is 0 Å². The molecule has 0 amide bonds. The Morgan fingerprint density at radius 2 is 1.79 bits per heavy atom. The summed E-state index contributed by atoms with van der Waals surface area (Å²) in [5.74, 6) is 0.847. The molecule has 2 aromatic rings. The molecule has 0 spiro atoms. The number of rotatable bonds is 5. The van der Waals surface area contributed by atoms with Gasteiger partial charge in [-0.05, 0) is 54.5 Å². The van der Waals surface area contributed by atoms with Gasteiger partial charge in [0.15, 0.2) is 0 Å². The molecule has 0 radical (unpaired) electrons. The van der Waals surface area contributed by atoms with Gasteiger partial charge in [0.1, 0.15) is 12.4 Å². The van der Waals surface area contributed by atoms with E-state index >= 15 is 0 Å². The van der Waals surface area contributed by atoms with Crippen molar-refractivity contribution in [2.45, 2.75) is 6.92 Å². The molecule has 0 saturated carbocycles. The van der Waals surface area contributed by atoms with Gasteiger partial charge in [-0.1, -0.05) is 24.8 Å². The summed E-state index contributed by atoms with van der Waals surface area (Å²) in [5.41, 5.74) is 3.01. The average molecular weight is 251 g/mol. The van der Waals surface area contributed by atoms with Gasteiger partial charge in [-0.3, -0.25) is 4.99 Å². The second-order valence-corrected chi connectivity index (χ2v) is 4.41. The van der Waals surface area contributed by atoms with Gasteiger partial charge in [0.05, 0.1) is 5.69 Å². The summed E-state index contributed by atoms with van der Waals surface area (Å²) < 4.78 is 5.54. The van der Waals surface area contributed by atoms with Crippen LogP contribution in [0, 0.1) is 0 Å². The second kappa shape index (κ2) is 6.55. The molecule has 0 aliphatic carbocycles.